The second-order valence-corrected chi connectivity index (χ2v) is 8.10. The van der Waals surface area contributed by atoms with Crippen molar-refractivity contribution < 1.29 is 23.7 Å². The minimum atomic E-state index is -0.583. The van der Waals surface area contributed by atoms with E-state index in [0.717, 1.165) is 5.56 Å². The summed E-state index contributed by atoms with van der Waals surface area (Å²) in [6.07, 6.45) is -0.180. The van der Waals surface area contributed by atoms with Gasteiger partial charge in [0.25, 0.3) is 0 Å². The fraction of sp³-hybridized carbons (Fsp3) is 0.280. The maximum absolute atomic E-state index is 12.4. The van der Waals surface area contributed by atoms with Crippen LogP contribution in [0.4, 0.5) is 16.4 Å². The smallest absolute Gasteiger partial charge is 0.412 e. The molecule has 2 aromatic carbocycles. The fourth-order valence-electron chi connectivity index (χ4n) is 4.15. The molecular formula is C25H23N5O5. The van der Waals surface area contributed by atoms with Crippen molar-refractivity contribution in [2.24, 2.45) is 0 Å². The lowest BCUT2D eigenvalue weighted by Gasteiger charge is -2.18. The molecule has 0 aliphatic carbocycles. The van der Waals surface area contributed by atoms with Crippen LogP contribution in [0.3, 0.4) is 0 Å². The summed E-state index contributed by atoms with van der Waals surface area (Å²) >= 11 is 0. The largest absolute Gasteiger partial charge is 0.497 e. The first-order valence-corrected chi connectivity index (χ1v) is 11.1. The molecule has 0 bridgehead atoms. The Labute approximate surface area is 201 Å². The molecule has 2 fully saturated rings. The summed E-state index contributed by atoms with van der Waals surface area (Å²) in [5, 5.41) is 15.1. The van der Waals surface area contributed by atoms with Gasteiger partial charge in [-0.15, -0.1) is 0 Å². The zero-order valence-electron chi connectivity index (χ0n) is 18.9. The van der Waals surface area contributed by atoms with Crippen molar-refractivity contribution in [3.05, 3.63) is 66.4 Å². The van der Waals surface area contributed by atoms with Gasteiger partial charge in [-0.3, -0.25) is 5.32 Å². The van der Waals surface area contributed by atoms with Gasteiger partial charge >= 0.3 is 6.09 Å². The molecule has 2 aliphatic heterocycles. The van der Waals surface area contributed by atoms with E-state index in [1.807, 2.05) is 12.1 Å². The minimum Gasteiger partial charge on any atom is -0.497 e. The van der Waals surface area contributed by atoms with Crippen LogP contribution >= 0.6 is 0 Å². The Balaban J connectivity index is 1.19. The van der Waals surface area contributed by atoms with Gasteiger partial charge in [0.05, 0.1) is 43.7 Å². The van der Waals surface area contributed by atoms with E-state index in [1.54, 1.807) is 55.8 Å². The predicted molar refractivity (Wildman–Crippen MR) is 126 cm³/mol. The molecule has 2 saturated heterocycles. The number of amides is 1. The molecule has 10 nitrogen and oxygen atoms in total. The van der Waals surface area contributed by atoms with Crippen LogP contribution in [-0.2, 0) is 14.2 Å². The van der Waals surface area contributed by atoms with Crippen LogP contribution < -0.4 is 15.4 Å². The number of rotatable bonds is 6. The van der Waals surface area contributed by atoms with Crippen molar-refractivity contribution in [3.63, 3.8) is 0 Å². The number of ether oxygens (including phenoxy) is 4. The molecule has 0 saturated carbocycles. The average Bonchev–Trinajstić information content (AvgIpc) is 3.48. The summed E-state index contributed by atoms with van der Waals surface area (Å²) < 4.78 is 22.5. The Bertz CT molecular complexity index is 1250. The van der Waals surface area contributed by atoms with Crippen LogP contribution in [0.1, 0.15) is 5.56 Å². The van der Waals surface area contributed by atoms with Crippen molar-refractivity contribution in [1.82, 2.24) is 9.97 Å². The molecule has 1 aromatic heterocycles. The van der Waals surface area contributed by atoms with Crippen molar-refractivity contribution in [2.75, 3.05) is 31.0 Å². The second kappa shape index (κ2) is 9.97. The van der Waals surface area contributed by atoms with E-state index in [-0.39, 0.29) is 18.8 Å². The molecule has 0 radical (unpaired) electrons. The molecular weight excluding hydrogens is 450 g/mol. The van der Waals surface area contributed by atoms with Crippen LogP contribution in [0, 0.1) is 11.3 Å². The first-order chi connectivity index (χ1) is 17.1. The number of anilines is 2. The molecule has 4 atom stereocenters. The maximum Gasteiger partial charge on any atom is 0.412 e. The first-order valence-electron chi connectivity index (χ1n) is 11.1. The minimum absolute atomic E-state index is 0.209. The molecule has 0 spiro atoms. The molecule has 3 heterocycles. The number of aromatic nitrogens is 2. The molecule has 10 heteroatoms. The van der Waals surface area contributed by atoms with Gasteiger partial charge in [0, 0.05) is 17.4 Å². The third-order valence-electron chi connectivity index (χ3n) is 5.86. The predicted octanol–water partition coefficient (Wildman–Crippen LogP) is 3.22. The summed E-state index contributed by atoms with van der Waals surface area (Å²) in [5.41, 5.74) is 2.67. The lowest BCUT2D eigenvalue weighted by molar-refractivity contribution is 0.00917. The quantitative estimate of drug-likeness (QED) is 0.555. The van der Waals surface area contributed by atoms with Crippen LogP contribution in [0.25, 0.3) is 11.3 Å². The average molecular weight is 473 g/mol. The van der Waals surface area contributed by atoms with E-state index < -0.39 is 18.3 Å². The van der Waals surface area contributed by atoms with Gasteiger partial charge in [0.15, 0.2) is 6.10 Å². The van der Waals surface area contributed by atoms with Crippen molar-refractivity contribution >= 4 is 17.7 Å². The second-order valence-electron chi connectivity index (χ2n) is 8.10. The highest BCUT2D eigenvalue weighted by atomic mass is 16.6. The molecule has 0 unspecified atom stereocenters. The number of hydrogen-bond acceptors (Lipinski definition) is 9. The van der Waals surface area contributed by atoms with Crippen molar-refractivity contribution in [3.8, 4) is 23.1 Å². The van der Waals surface area contributed by atoms with Gasteiger partial charge in [-0.05, 0) is 42.5 Å². The number of hydrogen-bond donors (Lipinski definition) is 2. The van der Waals surface area contributed by atoms with Gasteiger partial charge < -0.3 is 24.3 Å². The highest BCUT2D eigenvalue weighted by molar-refractivity contribution is 5.84. The maximum atomic E-state index is 12.4. The number of nitriles is 1. The monoisotopic (exact) mass is 473 g/mol. The van der Waals surface area contributed by atoms with Gasteiger partial charge in [-0.25, -0.2) is 14.8 Å². The molecule has 178 valence electrons. The lowest BCUT2D eigenvalue weighted by Crippen LogP contribution is -2.38. The Morgan fingerprint density at radius 3 is 2.74 bits per heavy atom. The van der Waals surface area contributed by atoms with Crippen LogP contribution in [0.5, 0.6) is 5.75 Å². The van der Waals surface area contributed by atoms with Crippen LogP contribution in [0.15, 0.2) is 60.8 Å². The number of nitrogens with zero attached hydrogens (tertiary/aromatic N) is 3. The Morgan fingerprint density at radius 2 is 1.94 bits per heavy atom. The summed E-state index contributed by atoms with van der Waals surface area (Å²) in [4.78, 5) is 21.3. The van der Waals surface area contributed by atoms with E-state index in [1.165, 1.54) is 0 Å². The highest BCUT2D eigenvalue weighted by Gasteiger charge is 2.49. The standard InChI is InChI=1S/C25H23N5O5/c1-32-18-7-5-17(6-8-18)28-25(31)35-21-14-34-22-20(13-33-23(21)22)30-24-27-10-9-19(29-24)16-4-2-3-15(11-16)12-26/h2-11,20-23H,13-14H2,1H3,(H,28,31)(H,27,29,30)/t20-,21-,22-,23+/m0/s1. The zero-order valence-corrected chi connectivity index (χ0v) is 18.9. The molecule has 3 aromatic rings. The number of carbonyl (C=O) groups is 1. The Hall–Kier alpha value is -4.20. The van der Waals surface area contributed by atoms with E-state index in [0.29, 0.717) is 35.2 Å². The van der Waals surface area contributed by atoms with Crippen LogP contribution in [-0.4, -0.2) is 60.7 Å². The van der Waals surface area contributed by atoms with Crippen molar-refractivity contribution in [1.29, 1.82) is 5.26 Å². The number of methoxy groups -OCH3 is 1. The molecule has 2 aliphatic rings. The summed E-state index contributed by atoms with van der Waals surface area (Å²) in [5.74, 6) is 1.11. The molecule has 2 N–H and O–H groups in total. The summed E-state index contributed by atoms with van der Waals surface area (Å²) in [6, 6.07) is 17.9. The van der Waals surface area contributed by atoms with Gasteiger partial charge in [-0.2, -0.15) is 5.26 Å². The normalized spacial score (nSPS) is 22.6. The van der Waals surface area contributed by atoms with Gasteiger partial charge in [0.1, 0.15) is 18.0 Å². The molecule has 35 heavy (non-hydrogen) atoms. The fourth-order valence-corrected chi connectivity index (χ4v) is 4.15. The SMILES string of the molecule is COc1ccc(NC(=O)O[C@H]2CO[C@@H]3[C@@H]2OC[C@@H]3Nc2nccc(-c3cccc(C#N)c3)n2)cc1. The van der Waals surface area contributed by atoms with E-state index in [9.17, 15) is 4.79 Å². The lowest BCUT2D eigenvalue weighted by atomic mass is 10.1. The Kier molecular flexibility index (Phi) is 6.43. The van der Waals surface area contributed by atoms with E-state index in [4.69, 9.17) is 24.2 Å². The third-order valence-corrected chi connectivity index (χ3v) is 5.86. The number of carbonyl (C=O) groups excluding carboxylic acids is 1. The Morgan fingerprint density at radius 1 is 1.11 bits per heavy atom. The number of nitrogens with one attached hydrogen (secondary N) is 2. The molecule has 1 amide bonds. The number of fused-ring (bicyclic) bond motifs is 1. The molecule has 5 rings (SSSR count). The zero-order chi connectivity index (χ0) is 24.2. The van der Waals surface area contributed by atoms with E-state index in [2.05, 4.69) is 26.7 Å². The topological polar surface area (TPSA) is 128 Å². The number of benzene rings is 2. The highest BCUT2D eigenvalue weighted by Crippen LogP contribution is 2.31. The summed E-state index contributed by atoms with van der Waals surface area (Å²) in [7, 11) is 1.58. The summed E-state index contributed by atoms with van der Waals surface area (Å²) in [6.45, 7) is 0.582. The van der Waals surface area contributed by atoms with Gasteiger partial charge in [0.2, 0.25) is 5.95 Å². The van der Waals surface area contributed by atoms with Gasteiger partial charge in [-0.1, -0.05) is 12.1 Å². The van der Waals surface area contributed by atoms with Crippen LogP contribution in [0.2, 0.25) is 0 Å². The third kappa shape index (κ3) is 5.01. The first kappa shape index (κ1) is 22.6. The van der Waals surface area contributed by atoms with Crippen molar-refractivity contribution in [2.45, 2.75) is 24.4 Å². The van der Waals surface area contributed by atoms with E-state index >= 15 is 0 Å².